The zero-order valence-electron chi connectivity index (χ0n) is 23.9. The second-order valence-corrected chi connectivity index (χ2v) is 13.6. The van der Waals surface area contributed by atoms with E-state index in [4.69, 9.17) is 9.72 Å². The number of aromatic amines is 1. The minimum atomic E-state index is -0.0814. The SMILES string of the molecule is Cc1ccc(C(Nc2ccc3c(c2)Sc2cccc(C4CN(c5cc[nH]c(=O)c5)CCO4)c2S3)C2CCN(C)C2)nc1. The number of hydrogen-bond donors (Lipinski definition) is 2. The van der Waals surface area contributed by atoms with Crippen LogP contribution in [0.2, 0.25) is 0 Å². The summed E-state index contributed by atoms with van der Waals surface area (Å²) in [4.78, 5) is 29.2. The van der Waals surface area contributed by atoms with Crippen LogP contribution >= 0.6 is 23.5 Å². The van der Waals surface area contributed by atoms with Crippen molar-refractivity contribution >= 4 is 34.9 Å². The number of aromatic nitrogens is 2. The second-order valence-electron chi connectivity index (χ2n) is 11.5. The molecule has 0 bridgehead atoms. The van der Waals surface area contributed by atoms with Gasteiger partial charge >= 0.3 is 0 Å². The van der Waals surface area contributed by atoms with Crippen molar-refractivity contribution in [1.82, 2.24) is 14.9 Å². The third-order valence-electron chi connectivity index (χ3n) is 8.40. The number of benzene rings is 2. The molecule has 3 aliphatic heterocycles. The Balaban J connectivity index is 1.12. The number of rotatable bonds is 6. The van der Waals surface area contributed by atoms with Gasteiger partial charge in [0.25, 0.3) is 0 Å². The van der Waals surface area contributed by atoms with Crippen molar-refractivity contribution in [2.45, 2.75) is 45.1 Å². The molecule has 7 nitrogen and oxygen atoms in total. The number of nitrogens with one attached hydrogen (secondary N) is 2. The van der Waals surface area contributed by atoms with E-state index in [0.717, 1.165) is 43.1 Å². The summed E-state index contributed by atoms with van der Waals surface area (Å²) in [5.74, 6) is 0.510. The summed E-state index contributed by atoms with van der Waals surface area (Å²) in [6.45, 7) is 6.39. The number of ether oxygens (including phenoxy) is 1. The third kappa shape index (κ3) is 5.71. The summed E-state index contributed by atoms with van der Waals surface area (Å²) in [6, 6.07) is 21.4. The first-order chi connectivity index (χ1) is 20.5. The number of nitrogens with zero attached hydrogens (tertiary/aromatic N) is 3. The van der Waals surface area contributed by atoms with Crippen LogP contribution in [0.1, 0.15) is 35.4 Å². The van der Waals surface area contributed by atoms with Gasteiger partial charge in [-0.15, -0.1) is 0 Å². The highest BCUT2D eigenvalue weighted by atomic mass is 32.2. The Morgan fingerprint density at radius 2 is 1.95 bits per heavy atom. The summed E-state index contributed by atoms with van der Waals surface area (Å²) in [5.41, 5.74) is 5.49. The van der Waals surface area contributed by atoms with Crippen LogP contribution in [0.15, 0.2) is 97.4 Å². The average Bonchev–Trinajstić information content (AvgIpc) is 3.45. The Hall–Kier alpha value is -3.24. The van der Waals surface area contributed by atoms with E-state index in [2.05, 4.69) is 82.6 Å². The molecule has 0 aliphatic carbocycles. The van der Waals surface area contributed by atoms with Gasteiger partial charge in [0.2, 0.25) is 5.56 Å². The number of morpholine rings is 1. The van der Waals surface area contributed by atoms with E-state index in [9.17, 15) is 4.79 Å². The molecule has 2 saturated heterocycles. The molecule has 5 heterocycles. The molecule has 4 aromatic rings. The Morgan fingerprint density at radius 1 is 1.02 bits per heavy atom. The van der Waals surface area contributed by atoms with Gasteiger partial charge in [-0.3, -0.25) is 9.78 Å². The molecule has 3 unspecified atom stereocenters. The van der Waals surface area contributed by atoms with Crippen molar-refractivity contribution in [1.29, 1.82) is 0 Å². The fourth-order valence-electron chi connectivity index (χ4n) is 6.19. The van der Waals surface area contributed by atoms with Gasteiger partial charge in [0.05, 0.1) is 18.3 Å². The maximum atomic E-state index is 11.9. The van der Waals surface area contributed by atoms with Crippen molar-refractivity contribution in [3.63, 3.8) is 0 Å². The molecule has 2 aromatic heterocycles. The lowest BCUT2D eigenvalue weighted by molar-refractivity contribution is 0.0379. The number of pyridine rings is 2. The molecular formula is C33H35N5O2S2. The molecule has 42 heavy (non-hydrogen) atoms. The minimum Gasteiger partial charge on any atom is -0.376 e. The van der Waals surface area contributed by atoms with Gasteiger partial charge in [0, 0.05) is 69.1 Å². The first-order valence-corrected chi connectivity index (χ1v) is 16.2. The Bertz CT molecular complexity index is 1640. The van der Waals surface area contributed by atoms with Crippen molar-refractivity contribution in [3.8, 4) is 0 Å². The summed E-state index contributed by atoms with van der Waals surface area (Å²) < 4.78 is 6.30. The number of likely N-dealkylation sites (tertiary alicyclic amines) is 1. The van der Waals surface area contributed by atoms with Crippen LogP contribution < -0.4 is 15.8 Å². The molecule has 0 spiro atoms. The maximum Gasteiger partial charge on any atom is 0.249 e. The normalized spacial score (nSPS) is 21.0. The minimum absolute atomic E-state index is 0.0594. The number of aryl methyl sites for hydroxylation is 1. The lowest BCUT2D eigenvalue weighted by Crippen LogP contribution is -2.39. The van der Waals surface area contributed by atoms with Gasteiger partial charge in [-0.05, 0) is 80.4 Å². The first kappa shape index (κ1) is 27.6. The smallest absolute Gasteiger partial charge is 0.249 e. The number of hydrogen-bond acceptors (Lipinski definition) is 8. The van der Waals surface area contributed by atoms with Crippen LogP contribution in [0.4, 0.5) is 11.4 Å². The predicted molar refractivity (Wildman–Crippen MR) is 170 cm³/mol. The zero-order valence-corrected chi connectivity index (χ0v) is 25.5. The third-order valence-corrected chi connectivity index (χ3v) is 11.0. The summed E-state index contributed by atoms with van der Waals surface area (Å²) in [7, 11) is 2.21. The average molecular weight is 598 g/mol. The van der Waals surface area contributed by atoms with E-state index in [1.807, 2.05) is 35.8 Å². The van der Waals surface area contributed by atoms with Crippen molar-refractivity contribution in [3.05, 3.63) is 100 Å². The van der Waals surface area contributed by atoms with E-state index < -0.39 is 0 Å². The lowest BCUT2D eigenvalue weighted by atomic mass is 9.95. The highest BCUT2D eigenvalue weighted by Gasteiger charge is 2.31. The van der Waals surface area contributed by atoms with Crippen LogP contribution in [0.3, 0.4) is 0 Å². The lowest BCUT2D eigenvalue weighted by Gasteiger charge is -2.36. The molecule has 0 radical (unpaired) electrons. The summed E-state index contributed by atoms with van der Waals surface area (Å²) in [6.07, 6.45) is 4.79. The highest BCUT2D eigenvalue weighted by Crippen LogP contribution is 2.52. The van der Waals surface area contributed by atoms with Crippen LogP contribution in [0.5, 0.6) is 0 Å². The summed E-state index contributed by atoms with van der Waals surface area (Å²) >= 11 is 3.66. The van der Waals surface area contributed by atoms with Gasteiger partial charge in [0.15, 0.2) is 0 Å². The van der Waals surface area contributed by atoms with E-state index in [1.54, 1.807) is 12.3 Å². The first-order valence-electron chi connectivity index (χ1n) is 14.6. The van der Waals surface area contributed by atoms with Crippen LogP contribution in [0.25, 0.3) is 0 Å². The van der Waals surface area contributed by atoms with Gasteiger partial charge in [-0.1, -0.05) is 41.7 Å². The Kier molecular flexibility index (Phi) is 7.75. The fourth-order valence-corrected chi connectivity index (χ4v) is 8.64. The molecule has 9 heteroatoms. The van der Waals surface area contributed by atoms with Gasteiger partial charge in [-0.2, -0.15) is 0 Å². The van der Waals surface area contributed by atoms with Crippen LogP contribution in [0, 0.1) is 12.8 Å². The Labute approximate surface area is 255 Å². The van der Waals surface area contributed by atoms with Gasteiger partial charge in [0.1, 0.15) is 6.10 Å². The van der Waals surface area contributed by atoms with Crippen molar-refractivity contribution in [2.24, 2.45) is 5.92 Å². The molecule has 2 fully saturated rings. The largest absolute Gasteiger partial charge is 0.376 e. The Morgan fingerprint density at radius 3 is 2.76 bits per heavy atom. The van der Waals surface area contributed by atoms with Gasteiger partial charge < -0.3 is 24.8 Å². The molecule has 0 saturated carbocycles. The molecular weight excluding hydrogens is 563 g/mol. The van der Waals surface area contributed by atoms with Crippen molar-refractivity contribution in [2.75, 3.05) is 50.1 Å². The number of H-pyrrole nitrogens is 1. The quantitative estimate of drug-likeness (QED) is 0.234. The van der Waals surface area contributed by atoms with Crippen LogP contribution in [-0.2, 0) is 4.74 Å². The van der Waals surface area contributed by atoms with E-state index in [0.29, 0.717) is 19.1 Å². The summed E-state index contributed by atoms with van der Waals surface area (Å²) in [5, 5.41) is 3.88. The van der Waals surface area contributed by atoms with Crippen LogP contribution in [-0.4, -0.2) is 54.7 Å². The molecule has 216 valence electrons. The number of fused-ring (bicyclic) bond motifs is 2. The highest BCUT2D eigenvalue weighted by molar-refractivity contribution is 8.05. The topological polar surface area (TPSA) is 73.5 Å². The fraction of sp³-hybridized carbons (Fsp3) is 0.333. The van der Waals surface area contributed by atoms with E-state index in [-0.39, 0.29) is 17.7 Å². The molecule has 0 amide bonds. The van der Waals surface area contributed by atoms with Crippen molar-refractivity contribution < 1.29 is 4.74 Å². The maximum absolute atomic E-state index is 11.9. The zero-order chi connectivity index (χ0) is 28.6. The molecule has 3 atom stereocenters. The monoisotopic (exact) mass is 597 g/mol. The number of anilines is 2. The van der Waals surface area contributed by atoms with E-state index >= 15 is 0 Å². The standard InChI is InChI=1S/C33H35N5O2S2/c1-21-6-8-26(35-18-21)32(22-11-13-37(2)19-22)36-23-7-9-28-30(16-23)41-29-5-3-4-25(33(29)42-28)27-20-38(14-15-40-27)24-10-12-34-31(39)17-24/h3-10,12,16-18,22,27,32,36H,11,13-15,19-20H2,1-2H3,(H,34,39). The molecule has 7 rings (SSSR count). The molecule has 2 aromatic carbocycles. The molecule has 2 N–H and O–H groups in total. The van der Waals surface area contributed by atoms with Gasteiger partial charge in [-0.25, -0.2) is 0 Å². The van der Waals surface area contributed by atoms with E-state index in [1.165, 1.54) is 30.7 Å². The molecule has 3 aliphatic rings. The second kappa shape index (κ2) is 11.8. The predicted octanol–water partition coefficient (Wildman–Crippen LogP) is 6.38.